The number of benzene rings is 1. The first-order chi connectivity index (χ1) is 10.2. The molecule has 0 aliphatic carbocycles. The number of hydrogen-bond donors (Lipinski definition) is 3. The molecule has 0 spiro atoms. The number of aliphatic hydroxyl groups excluding tert-OH is 3. The van der Waals surface area contributed by atoms with Crippen LogP contribution in [0, 0.1) is 0 Å². The first-order valence-electron chi connectivity index (χ1n) is 8.35. The Morgan fingerprint density at radius 3 is 1.59 bits per heavy atom. The van der Waals surface area contributed by atoms with Gasteiger partial charge in [-0.3, -0.25) is 0 Å². The van der Waals surface area contributed by atoms with E-state index in [-0.39, 0.29) is 24.9 Å². The van der Waals surface area contributed by atoms with Crippen LogP contribution in [0.1, 0.15) is 94.1 Å². The fourth-order valence-corrected chi connectivity index (χ4v) is 2.84. The smallest absolute Gasteiger partial charge is 0.105 e. The first kappa shape index (κ1) is 19.1. The molecule has 3 N–H and O–H groups in total. The lowest BCUT2D eigenvalue weighted by molar-refractivity contribution is 0.00305. The van der Waals surface area contributed by atoms with Crippen molar-refractivity contribution in [3.8, 4) is 0 Å². The van der Waals surface area contributed by atoms with Crippen LogP contribution in [0.25, 0.3) is 0 Å². The summed E-state index contributed by atoms with van der Waals surface area (Å²) in [5, 5.41) is 29.8. The Morgan fingerprint density at radius 1 is 0.818 bits per heavy atom. The normalized spacial score (nSPS) is 14.9. The van der Waals surface area contributed by atoms with E-state index < -0.39 is 12.2 Å². The maximum absolute atomic E-state index is 10.6. The molecular formula is C19H32O3. The molecule has 0 amide bonds. The van der Waals surface area contributed by atoms with E-state index in [2.05, 4.69) is 53.7 Å². The largest absolute Gasteiger partial charge is 0.396 e. The monoisotopic (exact) mass is 308 g/mol. The number of hydrogen-bond acceptors (Lipinski definition) is 3. The van der Waals surface area contributed by atoms with E-state index in [1.54, 1.807) is 0 Å². The Labute approximate surface area is 135 Å². The van der Waals surface area contributed by atoms with E-state index in [9.17, 15) is 10.2 Å². The van der Waals surface area contributed by atoms with E-state index in [1.807, 2.05) is 0 Å². The SMILES string of the molecule is CC(C)c1cc(C(C)C)c(C(O)C(O)CCO)c(C(C)C)c1. The molecule has 0 saturated heterocycles. The fourth-order valence-electron chi connectivity index (χ4n) is 2.84. The quantitative estimate of drug-likeness (QED) is 0.717. The predicted molar refractivity (Wildman–Crippen MR) is 91.4 cm³/mol. The van der Waals surface area contributed by atoms with Crippen LogP contribution in [0.3, 0.4) is 0 Å². The molecule has 0 saturated carbocycles. The molecule has 0 bridgehead atoms. The molecule has 3 heteroatoms. The zero-order valence-corrected chi connectivity index (χ0v) is 14.8. The first-order valence-corrected chi connectivity index (χ1v) is 8.35. The van der Waals surface area contributed by atoms with Gasteiger partial charge in [0, 0.05) is 6.61 Å². The Morgan fingerprint density at radius 2 is 1.27 bits per heavy atom. The van der Waals surface area contributed by atoms with Crippen LogP contribution in [0.5, 0.6) is 0 Å². The highest BCUT2D eigenvalue weighted by atomic mass is 16.3. The molecule has 1 rings (SSSR count). The van der Waals surface area contributed by atoms with Gasteiger partial charge in [0.1, 0.15) is 6.10 Å². The zero-order valence-electron chi connectivity index (χ0n) is 14.8. The summed E-state index contributed by atoms with van der Waals surface area (Å²) in [6.07, 6.45) is -1.71. The second-order valence-corrected chi connectivity index (χ2v) is 7.10. The van der Waals surface area contributed by atoms with Crippen molar-refractivity contribution < 1.29 is 15.3 Å². The van der Waals surface area contributed by atoms with Crippen molar-refractivity contribution in [2.75, 3.05) is 6.61 Å². The average molecular weight is 308 g/mol. The third-order valence-electron chi connectivity index (χ3n) is 4.26. The molecular weight excluding hydrogens is 276 g/mol. The Hall–Kier alpha value is -0.900. The highest BCUT2D eigenvalue weighted by Crippen LogP contribution is 2.37. The van der Waals surface area contributed by atoms with Crippen LogP contribution in [-0.2, 0) is 0 Å². The van der Waals surface area contributed by atoms with Crippen molar-refractivity contribution in [2.45, 2.75) is 77.9 Å². The molecule has 22 heavy (non-hydrogen) atoms. The standard InChI is InChI=1S/C19H32O3/c1-11(2)14-9-15(12(3)4)18(16(10-14)13(5)6)19(22)17(21)7-8-20/h9-13,17,19-22H,7-8H2,1-6H3. The second kappa shape index (κ2) is 8.09. The molecule has 1 aromatic rings. The van der Waals surface area contributed by atoms with Crippen molar-refractivity contribution in [1.29, 1.82) is 0 Å². The van der Waals surface area contributed by atoms with Gasteiger partial charge in [-0.2, -0.15) is 0 Å². The van der Waals surface area contributed by atoms with Crippen molar-refractivity contribution in [3.05, 3.63) is 34.4 Å². The minimum absolute atomic E-state index is 0.129. The summed E-state index contributed by atoms with van der Waals surface area (Å²) in [6, 6.07) is 4.32. The van der Waals surface area contributed by atoms with Gasteiger partial charge in [-0.25, -0.2) is 0 Å². The lowest BCUT2D eigenvalue weighted by Gasteiger charge is -2.28. The molecule has 3 nitrogen and oxygen atoms in total. The van der Waals surface area contributed by atoms with Crippen molar-refractivity contribution >= 4 is 0 Å². The summed E-state index contributed by atoms with van der Waals surface area (Å²) in [6.45, 7) is 12.6. The highest BCUT2D eigenvalue weighted by molar-refractivity contribution is 5.45. The summed E-state index contributed by atoms with van der Waals surface area (Å²) in [7, 11) is 0. The molecule has 0 fully saturated rings. The van der Waals surface area contributed by atoms with Gasteiger partial charge >= 0.3 is 0 Å². The van der Waals surface area contributed by atoms with Crippen LogP contribution in [0.2, 0.25) is 0 Å². The van der Waals surface area contributed by atoms with E-state index >= 15 is 0 Å². The predicted octanol–water partition coefficient (Wildman–Crippen LogP) is 3.83. The molecule has 0 aromatic heterocycles. The molecule has 0 radical (unpaired) electrons. The lowest BCUT2D eigenvalue weighted by Crippen LogP contribution is -2.23. The Balaban J connectivity index is 3.50. The minimum Gasteiger partial charge on any atom is -0.396 e. The van der Waals surface area contributed by atoms with Crippen LogP contribution < -0.4 is 0 Å². The minimum atomic E-state index is -0.955. The van der Waals surface area contributed by atoms with E-state index in [0.717, 1.165) is 16.7 Å². The summed E-state index contributed by atoms with van der Waals surface area (Å²) >= 11 is 0. The topological polar surface area (TPSA) is 60.7 Å². The van der Waals surface area contributed by atoms with Gasteiger partial charge in [-0.15, -0.1) is 0 Å². The third-order valence-corrected chi connectivity index (χ3v) is 4.26. The van der Waals surface area contributed by atoms with Crippen LogP contribution in [0.4, 0.5) is 0 Å². The van der Waals surface area contributed by atoms with E-state index in [0.29, 0.717) is 5.92 Å². The summed E-state index contributed by atoms with van der Waals surface area (Å²) in [5.41, 5.74) is 4.30. The van der Waals surface area contributed by atoms with E-state index in [4.69, 9.17) is 5.11 Å². The van der Waals surface area contributed by atoms with Gasteiger partial charge in [0.15, 0.2) is 0 Å². The molecule has 2 unspecified atom stereocenters. The Bertz CT molecular complexity index is 449. The number of rotatable bonds is 7. The maximum atomic E-state index is 10.6. The fraction of sp³-hybridized carbons (Fsp3) is 0.684. The molecule has 1 aromatic carbocycles. The summed E-state index contributed by atoms with van der Waals surface area (Å²) in [5.74, 6) is 0.952. The average Bonchev–Trinajstić information content (AvgIpc) is 2.44. The van der Waals surface area contributed by atoms with Gasteiger partial charge in [0.25, 0.3) is 0 Å². The van der Waals surface area contributed by atoms with Crippen molar-refractivity contribution in [1.82, 2.24) is 0 Å². The molecule has 0 aliphatic heterocycles. The maximum Gasteiger partial charge on any atom is 0.105 e. The molecule has 0 aliphatic rings. The second-order valence-electron chi connectivity index (χ2n) is 7.10. The molecule has 2 atom stereocenters. The zero-order chi connectivity index (χ0) is 17.0. The van der Waals surface area contributed by atoms with Crippen LogP contribution >= 0.6 is 0 Å². The number of aliphatic hydroxyl groups is 3. The van der Waals surface area contributed by atoms with Crippen LogP contribution in [-0.4, -0.2) is 28.0 Å². The van der Waals surface area contributed by atoms with Gasteiger partial charge in [-0.1, -0.05) is 53.7 Å². The van der Waals surface area contributed by atoms with Gasteiger partial charge in [0.05, 0.1) is 6.10 Å². The summed E-state index contributed by atoms with van der Waals surface area (Å²) in [4.78, 5) is 0. The van der Waals surface area contributed by atoms with Crippen molar-refractivity contribution in [2.24, 2.45) is 0 Å². The molecule has 126 valence electrons. The summed E-state index contributed by atoms with van der Waals surface area (Å²) < 4.78 is 0. The van der Waals surface area contributed by atoms with Crippen molar-refractivity contribution in [3.63, 3.8) is 0 Å². The van der Waals surface area contributed by atoms with Gasteiger partial charge in [0.2, 0.25) is 0 Å². The van der Waals surface area contributed by atoms with Gasteiger partial charge in [-0.05, 0) is 46.4 Å². The lowest BCUT2D eigenvalue weighted by atomic mass is 9.81. The van der Waals surface area contributed by atoms with E-state index in [1.165, 1.54) is 5.56 Å². The third kappa shape index (κ3) is 4.31. The van der Waals surface area contributed by atoms with Crippen LogP contribution in [0.15, 0.2) is 12.1 Å². The van der Waals surface area contributed by atoms with Gasteiger partial charge < -0.3 is 15.3 Å². The highest BCUT2D eigenvalue weighted by Gasteiger charge is 2.26. The molecule has 0 heterocycles. The Kier molecular flexibility index (Phi) is 7.04.